The Bertz CT molecular complexity index is 568. The number of thioether (sulfide) groups is 1. The summed E-state index contributed by atoms with van der Waals surface area (Å²) in [5.41, 5.74) is 6.01. The smallest absolute Gasteiger partial charge is 0.312 e. The molecule has 0 spiro atoms. The lowest BCUT2D eigenvalue weighted by Crippen LogP contribution is -2.48. The third-order valence-corrected chi connectivity index (χ3v) is 3.96. The van der Waals surface area contributed by atoms with Crippen LogP contribution in [0.2, 0.25) is 0 Å². The van der Waals surface area contributed by atoms with E-state index in [1.165, 1.54) is 0 Å². The molecule has 1 aromatic carbocycles. The first kappa shape index (κ1) is 17.3. The second-order valence-electron chi connectivity index (χ2n) is 5.04. The van der Waals surface area contributed by atoms with Crippen LogP contribution >= 0.6 is 11.8 Å². The predicted octanol–water partition coefficient (Wildman–Crippen LogP) is 0.864. The van der Waals surface area contributed by atoms with Crippen molar-refractivity contribution in [1.29, 1.82) is 0 Å². The first-order valence-electron chi connectivity index (χ1n) is 7.31. The SMILES string of the molecule is CSCC[C@@H](NC(N)=O)C(=O)NCc1ccc2c(c1)OCCO2. The van der Waals surface area contributed by atoms with E-state index in [9.17, 15) is 9.59 Å². The van der Waals surface area contributed by atoms with Crippen LogP contribution in [0.3, 0.4) is 0 Å². The number of rotatable bonds is 7. The zero-order valence-corrected chi connectivity index (χ0v) is 13.8. The summed E-state index contributed by atoms with van der Waals surface area (Å²) in [6.07, 6.45) is 2.46. The van der Waals surface area contributed by atoms with Crippen molar-refractivity contribution < 1.29 is 19.1 Å². The molecule has 7 nitrogen and oxygen atoms in total. The summed E-state index contributed by atoms with van der Waals surface area (Å²) in [5.74, 6) is 1.88. The third-order valence-electron chi connectivity index (χ3n) is 3.32. The van der Waals surface area contributed by atoms with Crippen molar-refractivity contribution in [2.75, 3.05) is 25.2 Å². The molecule has 1 aromatic rings. The van der Waals surface area contributed by atoms with Crippen LogP contribution in [0, 0.1) is 0 Å². The molecule has 0 saturated carbocycles. The van der Waals surface area contributed by atoms with Gasteiger partial charge in [-0.25, -0.2) is 4.79 Å². The normalized spacial score (nSPS) is 14.0. The number of ether oxygens (including phenoxy) is 2. The minimum absolute atomic E-state index is 0.257. The Balaban J connectivity index is 1.92. The fraction of sp³-hybridized carbons (Fsp3) is 0.467. The van der Waals surface area contributed by atoms with E-state index in [0.29, 0.717) is 37.7 Å². The van der Waals surface area contributed by atoms with Gasteiger partial charge in [0.1, 0.15) is 19.3 Å². The lowest BCUT2D eigenvalue weighted by atomic mass is 10.1. The van der Waals surface area contributed by atoms with Gasteiger partial charge in [-0.05, 0) is 36.1 Å². The van der Waals surface area contributed by atoms with Gasteiger partial charge in [0.2, 0.25) is 5.91 Å². The molecule has 1 heterocycles. The molecule has 1 atom stereocenters. The van der Waals surface area contributed by atoms with Gasteiger partial charge in [0.25, 0.3) is 0 Å². The maximum atomic E-state index is 12.2. The van der Waals surface area contributed by atoms with E-state index in [1.54, 1.807) is 11.8 Å². The Kier molecular flexibility index (Phi) is 6.40. The van der Waals surface area contributed by atoms with Gasteiger partial charge in [-0.2, -0.15) is 11.8 Å². The minimum atomic E-state index is -0.703. The van der Waals surface area contributed by atoms with Crippen LogP contribution in [0.5, 0.6) is 11.5 Å². The van der Waals surface area contributed by atoms with Gasteiger partial charge >= 0.3 is 6.03 Å². The van der Waals surface area contributed by atoms with Gasteiger partial charge in [-0.15, -0.1) is 0 Å². The fourth-order valence-corrected chi connectivity index (χ4v) is 2.66. The molecule has 0 saturated heterocycles. The van der Waals surface area contributed by atoms with Crippen LogP contribution in [0.25, 0.3) is 0 Å². The number of nitrogens with two attached hydrogens (primary N) is 1. The Morgan fingerprint density at radius 1 is 1.30 bits per heavy atom. The molecule has 0 fully saturated rings. The maximum absolute atomic E-state index is 12.2. The Hall–Kier alpha value is -2.09. The summed E-state index contributed by atoms with van der Waals surface area (Å²) >= 11 is 1.60. The molecule has 3 amide bonds. The topological polar surface area (TPSA) is 103 Å². The summed E-state index contributed by atoms with van der Waals surface area (Å²) in [4.78, 5) is 23.2. The van der Waals surface area contributed by atoms with Crippen LogP contribution in [0.15, 0.2) is 18.2 Å². The molecule has 23 heavy (non-hydrogen) atoms. The molecule has 1 aliphatic heterocycles. The monoisotopic (exact) mass is 339 g/mol. The molecular weight excluding hydrogens is 318 g/mol. The van der Waals surface area contributed by atoms with Gasteiger partial charge in [-0.3, -0.25) is 4.79 Å². The second-order valence-corrected chi connectivity index (χ2v) is 6.02. The highest BCUT2D eigenvalue weighted by Gasteiger charge is 2.19. The summed E-state index contributed by atoms with van der Waals surface area (Å²) in [5, 5.41) is 5.27. The van der Waals surface area contributed by atoms with E-state index in [4.69, 9.17) is 15.2 Å². The summed E-state index contributed by atoms with van der Waals surface area (Å²) in [6, 6.07) is 4.20. The van der Waals surface area contributed by atoms with Crippen molar-refractivity contribution in [1.82, 2.24) is 10.6 Å². The highest BCUT2D eigenvalue weighted by Crippen LogP contribution is 2.30. The third kappa shape index (κ3) is 5.24. The van der Waals surface area contributed by atoms with Gasteiger partial charge in [-0.1, -0.05) is 6.07 Å². The Morgan fingerprint density at radius 3 is 2.74 bits per heavy atom. The summed E-state index contributed by atoms with van der Waals surface area (Å²) < 4.78 is 11.0. The van der Waals surface area contributed by atoms with Gasteiger partial charge in [0, 0.05) is 6.54 Å². The number of urea groups is 1. The number of nitrogens with one attached hydrogen (secondary N) is 2. The molecule has 0 radical (unpaired) electrons. The average Bonchev–Trinajstić information content (AvgIpc) is 2.56. The molecule has 0 bridgehead atoms. The van der Waals surface area contributed by atoms with Crippen molar-refractivity contribution in [3.05, 3.63) is 23.8 Å². The molecular formula is C15H21N3O4S. The zero-order chi connectivity index (χ0) is 16.7. The molecule has 4 N–H and O–H groups in total. The number of carbonyl (C=O) groups is 2. The quantitative estimate of drug-likeness (QED) is 0.684. The highest BCUT2D eigenvalue weighted by molar-refractivity contribution is 7.98. The molecule has 0 unspecified atom stereocenters. The van der Waals surface area contributed by atoms with Crippen molar-refractivity contribution in [2.45, 2.75) is 19.0 Å². The number of carbonyl (C=O) groups excluding carboxylic acids is 2. The maximum Gasteiger partial charge on any atom is 0.312 e. The standard InChI is InChI=1S/C15H21N3O4S/c1-23-7-4-11(18-15(16)20)14(19)17-9-10-2-3-12-13(8-10)22-6-5-21-12/h2-3,8,11H,4-7,9H2,1H3,(H,17,19)(H3,16,18,20)/t11-/m1/s1. The minimum Gasteiger partial charge on any atom is -0.486 e. The van der Waals surface area contributed by atoms with E-state index in [2.05, 4.69) is 10.6 Å². The largest absolute Gasteiger partial charge is 0.486 e. The van der Waals surface area contributed by atoms with Crippen LogP contribution in [0.1, 0.15) is 12.0 Å². The Morgan fingerprint density at radius 2 is 2.04 bits per heavy atom. The number of fused-ring (bicyclic) bond motifs is 1. The number of amides is 3. The number of hydrogen-bond acceptors (Lipinski definition) is 5. The van der Waals surface area contributed by atoms with E-state index >= 15 is 0 Å². The van der Waals surface area contributed by atoms with Crippen LogP contribution in [-0.2, 0) is 11.3 Å². The molecule has 0 aliphatic carbocycles. The second kappa shape index (κ2) is 8.52. The van der Waals surface area contributed by atoms with E-state index in [0.717, 1.165) is 11.3 Å². The lowest BCUT2D eigenvalue weighted by Gasteiger charge is -2.20. The van der Waals surface area contributed by atoms with Crippen LogP contribution in [-0.4, -0.2) is 43.2 Å². The van der Waals surface area contributed by atoms with Crippen molar-refractivity contribution in [2.24, 2.45) is 5.73 Å². The summed E-state index contributed by atoms with van der Waals surface area (Å²) in [7, 11) is 0. The molecule has 1 aliphatic rings. The van der Waals surface area contributed by atoms with Crippen LogP contribution in [0.4, 0.5) is 4.79 Å². The van der Waals surface area contributed by atoms with Gasteiger partial charge < -0.3 is 25.8 Å². The Labute approximate surface area is 139 Å². The number of hydrogen-bond donors (Lipinski definition) is 3. The highest BCUT2D eigenvalue weighted by atomic mass is 32.2. The van der Waals surface area contributed by atoms with Gasteiger partial charge in [0.15, 0.2) is 11.5 Å². The van der Waals surface area contributed by atoms with E-state index < -0.39 is 12.1 Å². The zero-order valence-electron chi connectivity index (χ0n) is 13.0. The molecule has 8 heteroatoms. The van der Waals surface area contributed by atoms with E-state index in [1.807, 2.05) is 24.5 Å². The van der Waals surface area contributed by atoms with E-state index in [-0.39, 0.29) is 5.91 Å². The molecule has 2 rings (SSSR count). The van der Waals surface area contributed by atoms with Crippen molar-refractivity contribution in [3.63, 3.8) is 0 Å². The van der Waals surface area contributed by atoms with Crippen LogP contribution < -0.4 is 25.8 Å². The molecule has 126 valence electrons. The fourth-order valence-electron chi connectivity index (χ4n) is 2.19. The van der Waals surface area contributed by atoms with Crippen molar-refractivity contribution >= 4 is 23.7 Å². The molecule has 0 aromatic heterocycles. The number of benzene rings is 1. The average molecular weight is 339 g/mol. The number of primary amides is 1. The predicted molar refractivity (Wildman–Crippen MR) is 88.8 cm³/mol. The first-order chi connectivity index (χ1) is 11.1. The lowest BCUT2D eigenvalue weighted by molar-refractivity contribution is -0.123. The van der Waals surface area contributed by atoms with Gasteiger partial charge in [0.05, 0.1) is 0 Å². The first-order valence-corrected chi connectivity index (χ1v) is 8.70. The summed E-state index contributed by atoms with van der Waals surface area (Å²) in [6.45, 7) is 1.40. The van der Waals surface area contributed by atoms with Crippen molar-refractivity contribution in [3.8, 4) is 11.5 Å².